The van der Waals surface area contributed by atoms with Gasteiger partial charge in [0.1, 0.15) is 36.0 Å². The van der Waals surface area contributed by atoms with Crippen LogP contribution >= 0.6 is 7.60 Å². The van der Waals surface area contributed by atoms with Crippen molar-refractivity contribution in [2.45, 2.75) is 193 Å². The lowest BCUT2D eigenvalue weighted by atomic mass is 9.73. The van der Waals surface area contributed by atoms with Crippen molar-refractivity contribution in [3.63, 3.8) is 0 Å². The van der Waals surface area contributed by atoms with Crippen molar-refractivity contribution < 1.29 is 76.4 Å². The molecule has 0 unspecified atom stereocenters. The summed E-state index contributed by atoms with van der Waals surface area (Å²) >= 11 is 0. The van der Waals surface area contributed by atoms with Crippen LogP contribution in [-0.4, -0.2) is 164 Å². The summed E-state index contributed by atoms with van der Waals surface area (Å²) in [4.78, 5) is 31.2. The minimum atomic E-state index is -3.83. The molecule has 0 amide bonds. The van der Waals surface area contributed by atoms with Crippen LogP contribution in [0.5, 0.6) is 0 Å². The highest BCUT2D eigenvalue weighted by Gasteiger charge is 2.55. The van der Waals surface area contributed by atoms with Crippen LogP contribution in [0.3, 0.4) is 0 Å². The Labute approximate surface area is 364 Å². The predicted octanol–water partition coefficient (Wildman–Crippen LogP) is 4.69. The van der Waals surface area contributed by atoms with E-state index >= 15 is 0 Å². The molecule has 3 fully saturated rings. The molecule has 18 heteroatoms. The summed E-state index contributed by atoms with van der Waals surface area (Å²) in [7, 11) is 2.92. The highest BCUT2D eigenvalue weighted by molar-refractivity contribution is 7.53. The maximum absolute atomic E-state index is 14.7. The molecule has 0 aromatic rings. The first-order chi connectivity index (χ1) is 28.3. The lowest BCUT2D eigenvalue weighted by Crippen LogP contribution is -2.61. The van der Waals surface area contributed by atoms with E-state index in [2.05, 4.69) is 0 Å². The van der Waals surface area contributed by atoms with Gasteiger partial charge in [-0.25, -0.2) is 0 Å². The first kappa shape index (κ1) is 54.2. The summed E-state index contributed by atoms with van der Waals surface area (Å²) in [5.41, 5.74) is -4.38. The van der Waals surface area contributed by atoms with Gasteiger partial charge in [-0.1, -0.05) is 27.7 Å². The molecule has 3 saturated heterocycles. The highest BCUT2D eigenvalue weighted by Crippen LogP contribution is 2.49. The number of esters is 1. The summed E-state index contributed by atoms with van der Waals surface area (Å²) in [5, 5.41) is 35.2. The van der Waals surface area contributed by atoms with E-state index in [0.717, 1.165) is 0 Å². The number of hydrogen-bond acceptors (Lipinski definition) is 17. The molecule has 61 heavy (non-hydrogen) atoms. The van der Waals surface area contributed by atoms with Gasteiger partial charge < -0.3 is 67.2 Å². The number of hydrogen-bond donors (Lipinski definition) is 3. The van der Waals surface area contributed by atoms with E-state index in [0.29, 0.717) is 6.42 Å². The molecule has 3 rings (SSSR count). The number of ketones is 1. The number of nitrogens with zero attached hydrogens (tertiary/aromatic N) is 1. The Hall–Kier alpha value is -1.15. The zero-order valence-corrected chi connectivity index (χ0v) is 40.5. The number of aliphatic hydroxyl groups excluding tert-OH is 2. The normalized spacial score (nSPS) is 43.8. The van der Waals surface area contributed by atoms with Crippen molar-refractivity contribution in [3.05, 3.63) is 0 Å². The molecule has 0 bridgehead atoms. The van der Waals surface area contributed by atoms with E-state index in [9.17, 15) is 29.5 Å². The molecule has 3 aliphatic rings. The first-order valence-corrected chi connectivity index (χ1v) is 23.7. The molecule has 0 aliphatic carbocycles. The molecule has 17 nitrogen and oxygen atoms in total. The summed E-state index contributed by atoms with van der Waals surface area (Å²) in [5.74, 6) is -4.68. The minimum Gasteiger partial charge on any atom is -0.459 e. The van der Waals surface area contributed by atoms with Crippen molar-refractivity contribution in [1.82, 2.24) is 4.90 Å². The van der Waals surface area contributed by atoms with Crippen LogP contribution in [0.2, 0.25) is 0 Å². The number of carbonyl (C=O) groups excluding carboxylic acids is 2. The molecule has 3 N–H and O–H groups in total. The van der Waals surface area contributed by atoms with E-state index in [1.54, 1.807) is 62.3 Å². The van der Waals surface area contributed by atoms with Crippen LogP contribution < -0.4 is 0 Å². The lowest BCUT2D eigenvalue weighted by molar-refractivity contribution is -0.319. The predicted molar refractivity (Wildman–Crippen MR) is 226 cm³/mol. The van der Waals surface area contributed by atoms with Crippen molar-refractivity contribution >= 4 is 19.3 Å². The standard InChI is InChI=1S/C43H80NO16P/c1-17-31-43(12,49)38(53-23-61(50,54-18-2)55-19-3)26(6)33(45)24(4)21-42(11,52-16)37(60-40-34(46)30(44(13)14)20-25(5)56-40)27(7)35(28(8)39(48)58-31)59-32-22-41(10,51-15)36(47)29(9)57-32/h24-32,34-38,40,46-47,49H,17-23H2,1-16H3/t24-,25-,26+,27+,28-,29+,30+,31-,32+,34-,35+,36+,37-,38-,40+,41-,42+,43-/m1/s1. The summed E-state index contributed by atoms with van der Waals surface area (Å²) in [6, 6.07) is -0.314. The van der Waals surface area contributed by atoms with Gasteiger partial charge in [0.2, 0.25) is 0 Å². The Morgan fingerprint density at radius 1 is 0.836 bits per heavy atom. The number of aliphatic hydroxyl groups is 3. The fraction of sp³-hybridized carbons (Fsp3) is 0.953. The minimum absolute atomic E-state index is 0.0640. The number of carbonyl (C=O) groups is 2. The van der Waals surface area contributed by atoms with Gasteiger partial charge in [-0.2, -0.15) is 0 Å². The average Bonchev–Trinajstić information content (AvgIpc) is 3.19. The van der Waals surface area contributed by atoms with Gasteiger partial charge in [-0.15, -0.1) is 0 Å². The van der Waals surface area contributed by atoms with Gasteiger partial charge >= 0.3 is 13.6 Å². The van der Waals surface area contributed by atoms with E-state index in [4.69, 9.17) is 46.9 Å². The Balaban J connectivity index is 2.27. The molecule has 0 aromatic carbocycles. The van der Waals surface area contributed by atoms with Crippen LogP contribution in [0, 0.1) is 23.7 Å². The quantitative estimate of drug-likeness (QED) is 0.151. The van der Waals surface area contributed by atoms with Crippen LogP contribution in [-0.2, 0) is 61.1 Å². The number of methoxy groups -OCH3 is 2. The number of cyclic esters (lactones) is 1. The first-order valence-electron chi connectivity index (χ1n) is 22.0. The lowest BCUT2D eigenvalue weighted by Gasteiger charge is -2.50. The SMILES string of the molecule is CCOP(=O)(CO[C@@H]1[C@@H](C)C(=O)[C@H](C)C[C@](C)(OC)[C@H](O[C@@H]2O[C@H](C)C[C@H](N(C)C)[C@H]2O)[C@@H](C)[C@H](O[C@H]2C[C@@](C)(OC)[C@@H](O)[C@H](C)O2)[C@@H](C)C(=O)O[C@H](CC)[C@@]1(C)O)OCC. The smallest absolute Gasteiger partial charge is 0.356 e. The zero-order chi connectivity index (χ0) is 46.4. The van der Waals surface area contributed by atoms with E-state index in [1.807, 2.05) is 32.8 Å². The maximum atomic E-state index is 14.7. The summed E-state index contributed by atoms with van der Waals surface area (Å²) in [6.07, 6.45) is -9.61. The van der Waals surface area contributed by atoms with Gasteiger partial charge in [0.05, 0.1) is 60.9 Å². The van der Waals surface area contributed by atoms with E-state index < -0.39 is 116 Å². The monoisotopic (exact) mass is 898 g/mol. The third kappa shape index (κ3) is 12.6. The molecule has 0 spiro atoms. The topological polar surface area (TPSA) is 207 Å². The number of ether oxygens (including phenoxy) is 8. The Kier molecular flexibility index (Phi) is 19.9. The Morgan fingerprint density at radius 2 is 1.43 bits per heavy atom. The molecule has 18 atom stereocenters. The fourth-order valence-electron chi connectivity index (χ4n) is 9.56. The molecule has 3 heterocycles. The van der Waals surface area contributed by atoms with Crippen molar-refractivity contribution in [1.29, 1.82) is 0 Å². The van der Waals surface area contributed by atoms with Crippen LogP contribution in [0.4, 0.5) is 0 Å². The van der Waals surface area contributed by atoms with Gasteiger partial charge in [-0.05, 0) is 88.7 Å². The van der Waals surface area contributed by atoms with Crippen molar-refractivity contribution in [3.8, 4) is 0 Å². The molecule has 3 aliphatic heterocycles. The third-order valence-corrected chi connectivity index (χ3v) is 15.1. The molecule has 0 radical (unpaired) electrons. The van der Waals surface area contributed by atoms with Crippen molar-refractivity contribution in [2.75, 3.05) is 47.9 Å². The van der Waals surface area contributed by atoms with Crippen LogP contribution in [0.15, 0.2) is 0 Å². The van der Waals surface area contributed by atoms with Gasteiger partial charge in [0.25, 0.3) is 0 Å². The highest BCUT2D eigenvalue weighted by atomic mass is 31.2. The van der Waals surface area contributed by atoms with Crippen LogP contribution in [0.1, 0.15) is 109 Å². The van der Waals surface area contributed by atoms with Gasteiger partial charge in [0, 0.05) is 44.4 Å². The van der Waals surface area contributed by atoms with E-state index in [-0.39, 0.29) is 50.4 Å². The van der Waals surface area contributed by atoms with Gasteiger partial charge in [-0.3, -0.25) is 14.2 Å². The van der Waals surface area contributed by atoms with E-state index in [1.165, 1.54) is 21.1 Å². The third-order valence-electron chi connectivity index (χ3n) is 13.3. The second-order valence-corrected chi connectivity index (χ2v) is 20.3. The number of Topliss-reactive ketones (excluding diaryl/α,β-unsaturated/α-hetero) is 1. The summed E-state index contributed by atoms with van der Waals surface area (Å²) < 4.78 is 75.4. The fourth-order valence-corrected chi connectivity index (χ4v) is 10.9. The van der Waals surface area contributed by atoms with Crippen LogP contribution in [0.25, 0.3) is 0 Å². The second-order valence-electron chi connectivity index (χ2n) is 18.3. The largest absolute Gasteiger partial charge is 0.459 e. The number of rotatable bonds is 15. The molecule has 358 valence electrons. The Bertz CT molecular complexity index is 1440. The second kappa shape index (κ2) is 22.4. The number of likely N-dealkylation sites (N-methyl/N-ethyl adjacent to an activating group) is 1. The molecular formula is C43H80NO16P. The van der Waals surface area contributed by atoms with Gasteiger partial charge in [0.15, 0.2) is 12.6 Å². The zero-order valence-electron chi connectivity index (χ0n) is 39.7. The average molecular weight is 898 g/mol. The summed E-state index contributed by atoms with van der Waals surface area (Å²) in [6.45, 7) is 20.6. The molecule has 0 saturated carbocycles. The molecular weight excluding hydrogens is 817 g/mol. The Morgan fingerprint density at radius 3 is 1.95 bits per heavy atom. The maximum Gasteiger partial charge on any atom is 0.356 e. The molecule has 0 aromatic heterocycles. The van der Waals surface area contributed by atoms with Crippen molar-refractivity contribution in [2.24, 2.45) is 23.7 Å².